The van der Waals surface area contributed by atoms with Gasteiger partial charge in [0.15, 0.2) is 5.96 Å². The van der Waals surface area contributed by atoms with E-state index in [0.29, 0.717) is 0 Å². The van der Waals surface area contributed by atoms with Gasteiger partial charge in [-0.2, -0.15) is 16.4 Å². The summed E-state index contributed by atoms with van der Waals surface area (Å²) in [5, 5.41) is 15.6. The number of nitrogens with one attached hydrogen (secondary N) is 2. The predicted molar refractivity (Wildman–Crippen MR) is 109 cm³/mol. The molecular formula is C16H26IN5S. The van der Waals surface area contributed by atoms with Crippen LogP contribution in [0.5, 0.6) is 0 Å². The zero-order chi connectivity index (χ0) is 15.9. The first-order valence-electron chi connectivity index (χ1n) is 7.68. The van der Waals surface area contributed by atoms with Crippen molar-refractivity contribution in [3.8, 4) is 0 Å². The SMILES string of the molecule is CCc1nn(C)c(CC)c1CNC(=NC)NCc1ccsc1.I. The molecule has 0 atom stereocenters. The predicted octanol–water partition coefficient (Wildman–Crippen LogP) is 3.09. The summed E-state index contributed by atoms with van der Waals surface area (Å²) in [5.41, 5.74) is 5.03. The first kappa shape index (κ1) is 20.0. The molecule has 0 aliphatic rings. The average Bonchev–Trinajstić information content (AvgIpc) is 3.14. The lowest BCUT2D eigenvalue weighted by Gasteiger charge is -2.12. The average molecular weight is 447 g/mol. The van der Waals surface area contributed by atoms with Crippen LogP contribution in [0.25, 0.3) is 0 Å². The Morgan fingerprint density at radius 1 is 1.26 bits per heavy atom. The van der Waals surface area contributed by atoms with Crippen molar-refractivity contribution in [2.24, 2.45) is 12.0 Å². The van der Waals surface area contributed by atoms with Crippen LogP contribution in [-0.4, -0.2) is 22.8 Å². The monoisotopic (exact) mass is 447 g/mol. The number of hydrogen-bond acceptors (Lipinski definition) is 3. The summed E-state index contributed by atoms with van der Waals surface area (Å²) in [7, 11) is 3.82. The molecule has 0 aliphatic carbocycles. The maximum atomic E-state index is 4.61. The first-order chi connectivity index (χ1) is 10.7. The van der Waals surface area contributed by atoms with E-state index in [4.69, 9.17) is 0 Å². The minimum atomic E-state index is 0. The molecule has 7 heteroatoms. The maximum absolute atomic E-state index is 4.61. The highest BCUT2D eigenvalue weighted by Crippen LogP contribution is 2.15. The number of aryl methyl sites for hydroxylation is 2. The summed E-state index contributed by atoms with van der Waals surface area (Å²) in [6.07, 6.45) is 1.94. The van der Waals surface area contributed by atoms with Crippen molar-refractivity contribution in [3.63, 3.8) is 0 Å². The van der Waals surface area contributed by atoms with Crippen molar-refractivity contribution < 1.29 is 0 Å². The molecule has 0 aromatic carbocycles. The molecule has 0 amide bonds. The number of aromatic nitrogens is 2. The Hall–Kier alpha value is -1.09. The Bertz CT molecular complexity index is 619. The third kappa shape index (κ3) is 5.20. The second-order valence-electron chi connectivity index (χ2n) is 5.11. The van der Waals surface area contributed by atoms with Gasteiger partial charge >= 0.3 is 0 Å². The Morgan fingerprint density at radius 2 is 2.00 bits per heavy atom. The van der Waals surface area contributed by atoms with Crippen molar-refractivity contribution in [1.29, 1.82) is 0 Å². The molecule has 0 saturated carbocycles. The molecule has 0 radical (unpaired) electrons. The quantitative estimate of drug-likeness (QED) is 0.407. The normalized spacial score (nSPS) is 11.2. The van der Waals surface area contributed by atoms with Gasteiger partial charge in [0.05, 0.1) is 5.69 Å². The topological polar surface area (TPSA) is 54.2 Å². The molecular weight excluding hydrogens is 421 g/mol. The van der Waals surface area contributed by atoms with Crippen molar-refractivity contribution in [2.45, 2.75) is 39.8 Å². The van der Waals surface area contributed by atoms with E-state index in [1.165, 1.54) is 22.5 Å². The number of halogens is 1. The molecule has 23 heavy (non-hydrogen) atoms. The highest BCUT2D eigenvalue weighted by atomic mass is 127. The van der Waals surface area contributed by atoms with E-state index in [0.717, 1.165) is 31.9 Å². The van der Waals surface area contributed by atoms with Crippen LogP contribution in [0.15, 0.2) is 21.8 Å². The summed E-state index contributed by atoms with van der Waals surface area (Å²) < 4.78 is 2.00. The van der Waals surface area contributed by atoms with Crippen LogP contribution < -0.4 is 10.6 Å². The van der Waals surface area contributed by atoms with Gasteiger partial charge in [0.25, 0.3) is 0 Å². The Morgan fingerprint density at radius 3 is 2.57 bits per heavy atom. The van der Waals surface area contributed by atoms with E-state index in [1.807, 2.05) is 11.7 Å². The van der Waals surface area contributed by atoms with E-state index in [1.54, 1.807) is 18.4 Å². The lowest BCUT2D eigenvalue weighted by atomic mass is 10.1. The maximum Gasteiger partial charge on any atom is 0.191 e. The number of aliphatic imine (C=N–C) groups is 1. The van der Waals surface area contributed by atoms with Gasteiger partial charge in [-0.05, 0) is 35.2 Å². The highest BCUT2D eigenvalue weighted by Gasteiger charge is 2.13. The molecule has 0 fully saturated rings. The van der Waals surface area contributed by atoms with Crippen LogP contribution in [0.4, 0.5) is 0 Å². The summed E-state index contributed by atoms with van der Waals surface area (Å²) >= 11 is 1.71. The molecule has 0 saturated heterocycles. The summed E-state index contributed by atoms with van der Waals surface area (Å²) in [6.45, 7) is 5.86. The number of guanidine groups is 1. The minimum absolute atomic E-state index is 0. The molecule has 5 nitrogen and oxygen atoms in total. The van der Waals surface area contributed by atoms with Crippen molar-refractivity contribution >= 4 is 41.3 Å². The van der Waals surface area contributed by atoms with Gasteiger partial charge < -0.3 is 10.6 Å². The fourth-order valence-electron chi connectivity index (χ4n) is 2.57. The molecule has 2 rings (SSSR count). The van der Waals surface area contributed by atoms with E-state index in [2.05, 4.69) is 51.4 Å². The number of thiophene rings is 1. The van der Waals surface area contributed by atoms with Crippen LogP contribution in [0.3, 0.4) is 0 Å². The summed E-state index contributed by atoms with van der Waals surface area (Å²) in [4.78, 5) is 4.29. The molecule has 0 aliphatic heterocycles. The van der Waals surface area contributed by atoms with Crippen LogP contribution >= 0.6 is 35.3 Å². The lowest BCUT2D eigenvalue weighted by molar-refractivity contribution is 0.702. The molecule has 2 aromatic heterocycles. The highest BCUT2D eigenvalue weighted by molar-refractivity contribution is 14.0. The molecule has 0 spiro atoms. The van der Waals surface area contributed by atoms with Gasteiger partial charge in [0.2, 0.25) is 0 Å². The van der Waals surface area contributed by atoms with Gasteiger partial charge in [-0.1, -0.05) is 13.8 Å². The van der Waals surface area contributed by atoms with Crippen molar-refractivity contribution in [1.82, 2.24) is 20.4 Å². The van der Waals surface area contributed by atoms with Gasteiger partial charge in [-0.15, -0.1) is 24.0 Å². The smallest absolute Gasteiger partial charge is 0.191 e. The van der Waals surface area contributed by atoms with Crippen LogP contribution in [0.1, 0.15) is 36.4 Å². The molecule has 0 bridgehead atoms. The van der Waals surface area contributed by atoms with E-state index in [-0.39, 0.29) is 24.0 Å². The summed E-state index contributed by atoms with van der Waals surface area (Å²) in [6, 6.07) is 2.12. The number of nitrogens with zero attached hydrogens (tertiary/aromatic N) is 3. The second kappa shape index (κ2) is 9.92. The molecule has 0 unspecified atom stereocenters. The third-order valence-electron chi connectivity index (χ3n) is 3.72. The standard InChI is InChI=1S/C16H25N5S.HI/c1-5-14-13(15(6-2)21(4)20-14)10-19-16(17-3)18-9-12-7-8-22-11-12;/h7-8,11H,5-6,9-10H2,1-4H3,(H2,17,18,19);1H. The molecule has 2 N–H and O–H groups in total. The zero-order valence-corrected chi connectivity index (χ0v) is 17.4. The van der Waals surface area contributed by atoms with Crippen molar-refractivity contribution in [2.75, 3.05) is 7.05 Å². The number of hydrogen-bond donors (Lipinski definition) is 2. The Balaban J connectivity index is 0.00000264. The van der Waals surface area contributed by atoms with Crippen molar-refractivity contribution in [3.05, 3.63) is 39.3 Å². The van der Waals surface area contributed by atoms with Crippen LogP contribution in [0, 0.1) is 0 Å². The van der Waals surface area contributed by atoms with Gasteiger partial charge in [0, 0.05) is 38.4 Å². The van der Waals surface area contributed by atoms with Crippen LogP contribution in [-0.2, 0) is 33.0 Å². The second-order valence-corrected chi connectivity index (χ2v) is 5.89. The third-order valence-corrected chi connectivity index (χ3v) is 4.46. The zero-order valence-electron chi connectivity index (χ0n) is 14.2. The molecule has 2 heterocycles. The Labute approximate surface area is 159 Å². The van der Waals surface area contributed by atoms with Gasteiger partial charge in [0.1, 0.15) is 0 Å². The van der Waals surface area contributed by atoms with Gasteiger partial charge in [-0.25, -0.2) is 0 Å². The fourth-order valence-corrected chi connectivity index (χ4v) is 3.23. The van der Waals surface area contributed by atoms with E-state index in [9.17, 15) is 0 Å². The minimum Gasteiger partial charge on any atom is -0.352 e. The molecule has 128 valence electrons. The molecule has 2 aromatic rings. The van der Waals surface area contributed by atoms with Crippen LogP contribution in [0.2, 0.25) is 0 Å². The summed E-state index contributed by atoms with van der Waals surface area (Å²) in [5.74, 6) is 0.819. The number of rotatable bonds is 6. The largest absolute Gasteiger partial charge is 0.352 e. The lowest BCUT2D eigenvalue weighted by Crippen LogP contribution is -2.36. The Kier molecular flexibility index (Phi) is 8.60. The van der Waals surface area contributed by atoms with E-state index < -0.39 is 0 Å². The first-order valence-corrected chi connectivity index (χ1v) is 8.63. The van der Waals surface area contributed by atoms with E-state index >= 15 is 0 Å². The van der Waals surface area contributed by atoms with Gasteiger partial charge in [-0.3, -0.25) is 9.67 Å². The fraction of sp³-hybridized carbons (Fsp3) is 0.500.